The van der Waals surface area contributed by atoms with Crippen LogP contribution < -0.4 is 5.73 Å². The summed E-state index contributed by atoms with van der Waals surface area (Å²) in [5, 5.41) is 0. The molecule has 0 fully saturated rings. The number of nitrogens with two attached hydrogens (primary N) is 1. The maximum atomic E-state index is 12.7. The molecule has 0 aliphatic heterocycles. The first-order valence-electron chi connectivity index (χ1n) is 4.57. The highest BCUT2D eigenvalue weighted by atomic mass is 32.2. The van der Waals surface area contributed by atoms with Gasteiger partial charge < -0.3 is 5.73 Å². The van der Waals surface area contributed by atoms with Crippen molar-refractivity contribution in [2.45, 2.75) is 11.3 Å². The van der Waals surface area contributed by atoms with Crippen LogP contribution in [0.5, 0.6) is 0 Å². The Hall–Kier alpha value is -0.550. The molecular weight excluding hydrogens is 233 g/mol. The summed E-state index contributed by atoms with van der Waals surface area (Å²) in [5.74, 6) is 1.17. The van der Waals surface area contributed by atoms with Crippen LogP contribution in [-0.4, -0.2) is 22.0 Å². The molecule has 2 N–H and O–H groups in total. The van der Waals surface area contributed by atoms with E-state index in [2.05, 4.69) is 0 Å². The fourth-order valence-electron chi connectivity index (χ4n) is 1.17. The molecule has 0 aromatic heterocycles. The first-order valence-corrected chi connectivity index (χ1v) is 7.28. The second-order valence-corrected chi connectivity index (χ2v) is 5.60. The van der Waals surface area contributed by atoms with Gasteiger partial charge in [-0.05, 0) is 36.6 Å². The van der Waals surface area contributed by atoms with Gasteiger partial charge in [0.15, 0.2) is 0 Å². The lowest BCUT2D eigenvalue weighted by Gasteiger charge is -2.05. The maximum Gasteiger partial charge on any atom is 0.125 e. The van der Waals surface area contributed by atoms with E-state index in [4.69, 9.17) is 5.73 Å². The Labute approximate surface area is 95.9 Å². The highest BCUT2D eigenvalue weighted by Gasteiger charge is 2.08. The third kappa shape index (κ3) is 3.83. The first kappa shape index (κ1) is 12.5. The van der Waals surface area contributed by atoms with Crippen LogP contribution in [0.25, 0.3) is 0 Å². The second kappa shape index (κ2) is 6.12. The molecule has 0 aliphatic rings. The third-order valence-corrected chi connectivity index (χ3v) is 4.11. The minimum Gasteiger partial charge on any atom is -0.398 e. The molecular formula is C10H14FNOS2. The molecule has 5 heteroatoms. The molecule has 0 amide bonds. The lowest BCUT2D eigenvalue weighted by atomic mass is 10.3. The Morgan fingerprint density at radius 3 is 2.87 bits per heavy atom. The van der Waals surface area contributed by atoms with Crippen molar-refractivity contribution in [2.24, 2.45) is 0 Å². The van der Waals surface area contributed by atoms with Crippen molar-refractivity contribution in [2.75, 3.05) is 23.5 Å². The van der Waals surface area contributed by atoms with E-state index in [1.807, 2.05) is 6.26 Å². The van der Waals surface area contributed by atoms with Crippen LogP contribution in [0, 0.1) is 5.82 Å². The minimum absolute atomic E-state index is 0.275. The van der Waals surface area contributed by atoms with Crippen LogP contribution in [0.4, 0.5) is 10.1 Å². The molecule has 0 saturated carbocycles. The van der Waals surface area contributed by atoms with E-state index in [9.17, 15) is 8.60 Å². The molecule has 0 heterocycles. The maximum absolute atomic E-state index is 12.7. The van der Waals surface area contributed by atoms with Crippen molar-refractivity contribution < 1.29 is 8.60 Å². The van der Waals surface area contributed by atoms with Gasteiger partial charge in [0.1, 0.15) is 5.82 Å². The van der Waals surface area contributed by atoms with Crippen LogP contribution in [-0.2, 0) is 10.8 Å². The van der Waals surface area contributed by atoms with Gasteiger partial charge in [0.05, 0.1) is 21.4 Å². The summed E-state index contributed by atoms with van der Waals surface area (Å²) in [6.45, 7) is 0. The number of anilines is 1. The molecule has 0 saturated heterocycles. The molecule has 15 heavy (non-hydrogen) atoms. The molecule has 1 unspecified atom stereocenters. The zero-order valence-electron chi connectivity index (χ0n) is 8.53. The summed E-state index contributed by atoms with van der Waals surface area (Å²) in [6.07, 6.45) is 2.89. The molecule has 1 rings (SSSR count). The van der Waals surface area contributed by atoms with E-state index in [1.54, 1.807) is 11.8 Å². The van der Waals surface area contributed by atoms with Gasteiger partial charge in [-0.3, -0.25) is 4.21 Å². The monoisotopic (exact) mass is 247 g/mol. The molecule has 1 aromatic carbocycles. The largest absolute Gasteiger partial charge is 0.398 e. The predicted octanol–water partition coefficient (Wildman–Crippen LogP) is 2.27. The Morgan fingerprint density at radius 1 is 1.53 bits per heavy atom. The summed E-state index contributed by atoms with van der Waals surface area (Å²) >= 11 is 1.72. The number of benzene rings is 1. The van der Waals surface area contributed by atoms with Gasteiger partial charge in [0, 0.05) is 5.75 Å². The van der Waals surface area contributed by atoms with E-state index >= 15 is 0 Å². The molecule has 1 aromatic rings. The van der Waals surface area contributed by atoms with Crippen LogP contribution in [0.1, 0.15) is 6.42 Å². The van der Waals surface area contributed by atoms with Crippen molar-refractivity contribution >= 4 is 28.2 Å². The lowest BCUT2D eigenvalue weighted by Crippen LogP contribution is -2.03. The minimum atomic E-state index is -1.11. The molecule has 0 bridgehead atoms. The first-order chi connectivity index (χ1) is 7.15. The van der Waals surface area contributed by atoms with Crippen LogP contribution >= 0.6 is 11.8 Å². The van der Waals surface area contributed by atoms with Crippen LogP contribution in [0.15, 0.2) is 23.1 Å². The van der Waals surface area contributed by atoms with Gasteiger partial charge in [0.25, 0.3) is 0 Å². The summed E-state index contributed by atoms with van der Waals surface area (Å²) in [6, 6.07) is 4.00. The average molecular weight is 247 g/mol. The molecule has 0 spiro atoms. The Bertz CT molecular complexity index is 357. The van der Waals surface area contributed by atoms with Crippen molar-refractivity contribution in [3.05, 3.63) is 24.0 Å². The highest BCUT2D eigenvalue weighted by molar-refractivity contribution is 7.98. The summed E-state index contributed by atoms with van der Waals surface area (Å²) in [7, 11) is -1.11. The highest BCUT2D eigenvalue weighted by Crippen LogP contribution is 2.18. The number of rotatable bonds is 5. The lowest BCUT2D eigenvalue weighted by molar-refractivity contribution is 0.627. The normalized spacial score (nSPS) is 12.7. The number of nitrogen functional groups attached to an aromatic ring is 1. The Kier molecular flexibility index (Phi) is 5.11. The van der Waals surface area contributed by atoms with Gasteiger partial charge >= 0.3 is 0 Å². The van der Waals surface area contributed by atoms with Crippen molar-refractivity contribution in [3.63, 3.8) is 0 Å². The summed E-state index contributed by atoms with van der Waals surface area (Å²) in [5.41, 5.74) is 5.86. The van der Waals surface area contributed by atoms with Crippen LogP contribution in [0.2, 0.25) is 0 Å². The molecule has 84 valence electrons. The SMILES string of the molecule is CSCCCS(=O)c1ccc(F)cc1N. The standard InChI is InChI=1S/C10H14FNOS2/c1-14-5-2-6-15(13)10-4-3-8(11)7-9(10)12/h3-4,7H,2,5-6,12H2,1H3. The van der Waals surface area contributed by atoms with Gasteiger partial charge in [-0.2, -0.15) is 11.8 Å². The third-order valence-electron chi connectivity index (χ3n) is 1.90. The fraction of sp³-hybridized carbons (Fsp3) is 0.400. The molecule has 0 radical (unpaired) electrons. The topological polar surface area (TPSA) is 43.1 Å². The smallest absolute Gasteiger partial charge is 0.125 e. The summed E-state index contributed by atoms with van der Waals surface area (Å²) < 4.78 is 24.5. The van der Waals surface area contributed by atoms with Gasteiger partial charge in [0.2, 0.25) is 0 Å². The van der Waals surface area contributed by atoms with E-state index in [0.29, 0.717) is 10.6 Å². The predicted molar refractivity (Wildman–Crippen MR) is 65.1 cm³/mol. The van der Waals surface area contributed by atoms with Crippen LogP contribution in [0.3, 0.4) is 0 Å². The molecule has 1 atom stereocenters. The average Bonchev–Trinajstić information content (AvgIpc) is 2.17. The Morgan fingerprint density at radius 2 is 2.27 bits per heavy atom. The zero-order valence-corrected chi connectivity index (χ0v) is 10.2. The second-order valence-electron chi connectivity index (χ2n) is 3.08. The summed E-state index contributed by atoms with van der Waals surface area (Å²) in [4.78, 5) is 0.539. The van der Waals surface area contributed by atoms with Gasteiger partial charge in [-0.15, -0.1) is 0 Å². The zero-order chi connectivity index (χ0) is 11.3. The fourth-order valence-corrected chi connectivity index (χ4v) is 2.95. The van der Waals surface area contributed by atoms with E-state index in [0.717, 1.165) is 12.2 Å². The molecule has 2 nitrogen and oxygen atoms in total. The molecule has 0 aliphatic carbocycles. The number of halogens is 1. The quantitative estimate of drug-likeness (QED) is 0.641. The number of thioether (sulfide) groups is 1. The van der Waals surface area contributed by atoms with Gasteiger partial charge in [-0.1, -0.05) is 0 Å². The van der Waals surface area contributed by atoms with Gasteiger partial charge in [-0.25, -0.2) is 4.39 Å². The van der Waals surface area contributed by atoms with E-state index in [1.165, 1.54) is 18.2 Å². The van der Waals surface area contributed by atoms with E-state index < -0.39 is 16.6 Å². The van der Waals surface area contributed by atoms with E-state index in [-0.39, 0.29) is 5.69 Å². The Balaban J connectivity index is 2.65. The number of hydrogen-bond donors (Lipinski definition) is 1. The van der Waals surface area contributed by atoms with Crippen molar-refractivity contribution in [1.29, 1.82) is 0 Å². The van der Waals surface area contributed by atoms with Crippen molar-refractivity contribution in [3.8, 4) is 0 Å². The number of hydrogen-bond acceptors (Lipinski definition) is 3. The van der Waals surface area contributed by atoms with Crippen molar-refractivity contribution in [1.82, 2.24) is 0 Å².